The van der Waals surface area contributed by atoms with Crippen LogP contribution in [-0.2, 0) is 15.7 Å². The van der Waals surface area contributed by atoms with Gasteiger partial charge in [0.15, 0.2) is 5.82 Å². The van der Waals surface area contributed by atoms with Gasteiger partial charge in [-0.3, -0.25) is 0 Å². The molecule has 0 aliphatic heterocycles. The van der Waals surface area contributed by atoms with Crippen LogP contribution in [0.15, 0.2) is 30.6 Å². The molecule has 0 amide bonds. The summed E-state index contributed by atoms with van der Waals surface area (Å²) in [4.78, 5) is 15.6. The second kappa shape index (κ2) is 8.58. The van der Waals surface area contributed by atoms with E-state index < -0.39 is 17.7 Å². The van der Waals surface area contributed by atoms with Crippen molar-refractivity contribution in [3.05, 3.63) is 47.4 Å². The van der Waals surface area contributed by atoms with E-state index in [4.69, 9.17) is 4.74 Å². The molecule has 3 rings (SSSR count). The number of hydrogen-bond donors (Lipinski definition) is 0. The van der Waals surface area contributed by atoms with Crippen LogP contribution in [0.25, 0.3) is 11.9 Å². The molecule has 0 unspecified atom stereocenters. The van der Waals surface area contributed by atoms with Gasteiger partial charge in [0.2, 0.25) is 0 Å². The Morgan fingerprint density at radius 3 is 2.64 bits per heavy atom. The molecule has 2 heterocycles. The smallest absolute Gasteiger partial charge is 0.417 e. The largest absolute Gasteiger partial charge is 0.463 e. The maximum absolute atomic E-state index is 12.8. The van der Waals surface area contributed by atoms with Gasteiger partial charge in [-0.1, -0.05) is 19.3 Å². The average molecular weight is 393 g/mol. The van der Waals surface area contributed by atoms with Gasteiger partial charge < -0.3 is 4.74 Å². The number of carbonyl (C=O) groups excluding carboxylic acids is 1. The Labute approximate surface area is 161 Å². The molecule has 1 saturated carbocycles. The number of ether oxygens (including phenoxy) is 1. The third-order valence-corrected chi connectivity index (χ3v) is 4.76. The van der Waals surface area contributed by atoms with Gasteiger partial charge in [0.25, 0.3) is 0 Å². The number of halogens is 3. The van der Waals surface area contributed by atoms with Crippen LogP contribution < -0.4 is 0 Å². The fourth-order valence-corrected chi connectivity index (χ4v) is 3.38. The van der Waals surface area contributed by atoms with Gasteiger partial charge in [0, 0.05) is 30.0 Å². The Balaban J connectivity index is 1.92. The van der Waals surface area contributed by atoms with Crippen LogP contribution in [0.3, 0.4) is 0 Å². The SMILES string of the molecule is CCOC(=O)C=Cc1cn(-c2ccc(C(F)(F)F)cn2)nc1C1CCCCC1. The number of nitrogens with zero attached hydrogens (tertiary/aromatic N) is 3. The molecule has 1 fully saturated rings. The van der Waals surface area contributed by atoms with E-state index in [-0.39, 0.29) is 12.5 Å². The maximum Gasteiger partial charge on any atom is 0.417 e. The Kier molecular flexibility index (Phi) is 6.16. The summed E-state index contributed by atoms with van der Waals surface area (Å²) in [6.07, 6.45) is 6.44. The van der Waals surface area contributed by atoms with E-state index in [2.05, 4.69) is 10.1 Å². The average Bonchev–Trinajstić information content (AvgIpc) is 3.11. The van der Waals surface area contributed by atoms with Gasteiger partial charge in [0.1, 0.15) is 0 Å². The van der Waals surface area contributed by atoms with Gasteiger partial charge in [0.05, 0.1) is 17.9 Å². The molecule has 28 heavy (non-hydrogen) atoms. The van der Waals surface area contributed by atoms with E-state index in [0.29, 0.717) is 5.82 Å². The molecule has 2 aromatic rings. The van der Waals surface area contributed by atoms with Crippen molar-refractivity contribution < 1.29 is 22.7 Å². The summed E-state index contributed by atoms with van der Waals surface area (Å²) < 4.78 is 44.7. The normalized spacial score (nSPS) is 15.9. The molecule has 0 N–H and O–H groups in total. The third kappa shape index (κ3) is 4.79. The van der Waals surface area contributed by atoms with Crippen molar-refractivity contribution in [2.75, 3.05) is 6.61 Å². The molecular weight excluding hydrogens is 371 g/mol. The lowest BCUT2D eigenvalue weighted by atomic mass is 9.85. The Morgan fingerprint density at radius 2 is 2.04 bits per heavy atom. The van der Waals surface area contributed by atoms with Crippen molar-refractivity contribution in [2.45, 2.75) is 51.1 Å². The molecule has 1 aliphatic carbocycles. The molecule has 0 bridgehead atoms. The lowest BCUT2D eigenvalue weighted by Gasteiger charge is -2.20. The van der Waals surface area contributed by atoms with Crippen molar-refractivity contribution in [1.82, 2.24) is 14.8 Å². The van der Waals surface area contributed by atoms with E-state index in [9.17, 15) is 18.0 Å². The van der Waals surface area contributed by atoms with Gasteiger partial charge in [-0.2, -0.15) is 18.3 Å². The highest BCUT2D eigenvalue weighted by Gasteiger charge is 2.31. The van der Waals surface area contributed by atoms with Crippen LogP contribution in [0.5, 0.6) is 0 Å². The summed E-state index contributed by atoms with van der Waals surface area (Å²) >= 11 is 0. The molecule has 0 saturated heterocycles. The van der Waals surface area contributed by atoms with Crippen molar-refractivity contribution in [2.24, 2.45) is 0 Å². The molecular formula is C20H22F3N3O2. The molecule has 0 spiro atoms. The number of carbonyl (C=O) groups is 1. The maximum atomic E-state index is 12.8. The Hall–Kier alpha value is -2.64. The number of esters is 1. The summed E-state index contributed by atoms with van der Waals surface area (Å²) in [6, 6.07) is 2.28. The second-order valence-corrected chi connectivity index (χ2v) is 6.74. The molecule has 5 nitrogen and oxygen atoms in total. The first-order chi connectivity index (χ1) is 13.4. The number of hydrogen-bond acceptors (Lipinski definition) is 4. The molecule has 1 aliphatic rings. The lowest BCUT2D eigenvalue weighted by molar-refractivity contribution is -0.138. The summed E-state index contributed by atoms with van der Waals surface area (Å²) in [7, 11) is 0. The molecule has 0 radical (unpaired) electrons. The van der Waals surface area contributed by atoms with Gasteiger partial charge >= 0.3 is 12.1 Å². The predicted octanol–water partition coefficient (Wildman–Crippen LogP) is 4.91. The van der Waals surface area contributed by atoms with Crippen LogP contribution in [0, 0.1) is 0 Å². The first kappa shape index (κ1) is 20.1. The van der Waals surface area contributed by atoms with Crippen molar-refractivity contribution in [3.8, 4) is 5.82 Å². The van der Waals surface area contributed by atoms with E-state index in [0.717, 1.165) is 49.2 Å². The third-order valence-electron chi connectivity index (χ3n) is 4.76. The van der Waals surface area contributed by atoms with Crippen LogP contribution in [0.1, 0.15) is 61.8 Å². The first-order valence-corrected chi connectivity index (χ1v) is 9.36. The minimum atomic E-state index is -4.43. The monoisotopic (exact) mass is 393 g/mol. The Morgan fingerprint density at radius 1 is 1.29 bits per heavy atom. The molecule has 0 aromatic carbocycles. The Bertz CT molecular complexity index is 835. The highest BCUT2D eigenvalue weighted by Crippen LogP contribution is 2.34. The van der Waals surface area contributed by atoms with E-state index in [1.165, 1.54) is 23.2 Å². The summed E-state index contributed by atoms with van der Waals surface area (Å²) in [5, 5.41) is 4.59. The van der Waals surface area contributed by atoms with E-state index in [1.807, 2.05) is 0 Å². The van der Waals surface area contributed by atoms with Crippen molar-refractivity contribution >= 4 is 12.0 Å². The molecule has 8 heteroatoms. The van der Waals surface area contributed by atoms with Crippen LogP contribution >= 0.6 is 0 Å². The second-order valence-electron chi connectivity index (χ2n) is 6.74. The van der Waals surface area contributed by atoms with Crippen LogP contribution in [0.4, 0.5) is 13.2 Å². The topological polar surface area (TPSA) is 57.0 Å². The van der Waals surface area contributed by atoms with Gasteiger partial charge in [-0.05, 0) is 38.0 Å². The van der Waals surface area contributed by atoms with Crippen LogP contribution in [-0.4, -0.2) is 27.3 Å². The zero-order valence-electron chi connectivity index (χ0n) is 15.6. The highest BCUT2D eigenvalue weighted by molar-refractivity contribution is 5.87. The van der Waals surface area contributed by atoms with Crippen molar-refractivity contribution in [3.63, 3.8) is 0 Å². The molecule has 0 atom stereocenters. The molecule has 2 aromatic heterocycles. The van der Waals surface area contributed by atoms with Gasteiger partial charge in [-0.15, -0.1) is 0 Å². The fourth-order valence-electron chi connectivity index (χ4n) is 3.38. The fraction of sp³-hybridized carbons (Fsp3) is 0.450. The zero-order valence-corrected chi connectivity index (χ0v) is 15.6. The number of aromatic nitrogens is 3. The zero-order chi connectivity index (χ0) is 20.1. The first-order valence-electron chi connectivity index (χ1n) is 9.36. The van der Waals surface area contributed by atoms with E-state index >= 15 is 0 Å². The minimum absolute atomic E-state index is 0.256. The summed E-state index contributed by atoms with van der Waals surface area (Å²) in [5.74, 6) is 0.102. The predicted molar refractivity (Wildman–Crippen MR) is 97.9 cm³/mol. The number of alkyl halides is 3. The number of rotatable bonds is 5. The molecule has 150 valence electrons. The summed E-state index contributed by atoms with van der Waals surface area (Å²) in [6.45, 7) is 2.01. The van der Waals surface area contributed by atoms with Gasteiger partial charge in [-0.25, -0.2) is 14.5 Å². The summed E-state index contributed by atoms with van der Waals surface area (Å²) in [5.41, 5.74) is 0.780. The van der Waals surface area contributed by atoms with E-state index in [1.54, 1.807) is 19.2 Å². The standard InChI is InChI=1S/C20H22F3N3O2/c1-2-28-18(27)11-8-15-13-26(25-19(15)14-6-4-3-5-7-14)17-10-9-16(12-24-17)20(21,22)23/h8-14H,2-7H2,1H3. The van der Waals surface area contributed by atoms with Crippen molar-refractivity contribution in [1.29, 1.82) is 0 Å². The quantitative estimate of drug-likeness (QED) is 0.535. The highest BCUT2D eigenvalue weighted by atomic mass is 19.4. The lowest BCUT2D eigenvalue weighted by Crippen LogP contribution is -2.08. The number of pyridine rings is 1. The van der Waals surface area contributed by atoms with Crippen LogP contribution in [0.2, 0.25) is 0 Å². The minimum Gasteiger partial charge on any atom is -0.463 e.